The highest BCUT2D eigenvalue weighted by atomic mass is 19.1. The number of guanidine groups is 1. The summed E-state index contributed by atoms with van der Waals surface area (Å²) in [7, 11) is 1.76. The van der Waals surface area contributed by atoms with Crippen LogP contribution in [0, 0.1) is 5.82 Å². The van der Waals surface area contributed by atoms with Gasteiger partial charge in [0.05, 0.1) is 0 Å². The van der Waals surface area contributed by atoms with E-state index in [4.69, 9.17) is 0 Å². The highest BCUT2D eigenvalue weighted by molar-refractivity contribution is 5.79. The summed E-state index contributed by atoms with van der Waals surface area (Å²) in [5.74, 6) is 0.537. The Kier molecular flexibility index (Phi) is 7.46. The molecule has 1 aliphatic rings. The molecule has 0 aromatic heterocycles. The van der Waals surface area contributed by atoms with Gasteiger partial charge in [0, 0.05) is 52.4 Å². The summed E-state index contributed by atoms with van der Waals surface area (Å²) in [6, 6.07) is 7.07. The second-order valence-electron chi connectivity index (χ2n) is 6.26. The molecule has 0 radical (unpaired) electrons. The van der Waals surface area contributed by atoms with Crippen molar-refractivity contribution in [3.05, 3.63) is 35.6 Å². The molecule has 0 saturated carbocycles. The summed E-state index contributed by atoms with van der Waals surface area (Å²) >= 11 is 0. The van der Waals surface area contributed by atoms with E-state index in [0.717, 1.165) is 50.8 Å². The fourth-order valence-corrected chi connectivity index (χ4v) is 2.95. The summed E-state index contributed by atoms with van der Waals surface area (Å²) < 4.78 is 13.2. The van der Waals surface area contributed by atoms with Crippen molar-refractivity contribution in [2.45, 2.75) is 26.4 Å². The number of benzene rings is 1. The number of nitrogens with one attached hydrogen (secondary N) is 2. The zero-order valence-electron chi connectivity index (χ0n) is 15.1. The van der Waals surface area contributed by atoms with Gasteiger partial charge in [-0.1, -0.05) is 19.1 Å². The van der Waals surface area contributed by atoms with E-state index in [0.29, 0.717) is 12.6 Å². The molecule has 6 heteroatoms. The average molecular weight is 335 g/mol. The van der Waals surface area contributed by atoms with E-state index < -0.39 is 0 Å². The van der Waals surface area contributed by atoms with Gasteiger partial charge in [-0.15, -0.1) is 0 Å². The first-order valence-corrected chi connectivity index (χ1v) is 8.77. The van der Waals surface area contributed by atoms with Crippen molar-refractivity contribution in [3.63, 3.8) is 0 Å². The van der Waals surface area contributed by atoms with Crippen LogP contribution in [0.5, 0.6) is 0 Å². The molecule has 1 heterocycles. The molecule has 1 saturated heterocycles. The van der Waals surface area contributed by atoms with Crippen LogP contribution in [0.1, 0.15) is 19.4 Å². The molecule has 0 amide bonds. The number of hydrogen-bond donors (Lipinski definition) is 2. The van der Waals surface area contributed by atoms with Crippen LogP contribution in [0.25, 0.3) is 0 Å². The number of rotatable bonds is 6. The van der Waals surface area contributed by atoms with Gasteiger partial charge in [-0.05, 0) is 31.2 Å². The maximum absolute atomic E-state index is 13.2. The number of halogens is 1. The Morgan fingerprint density at radius 2 is 2.00 bits per heavy atom. The number of likely N-dealkylation sites (N-methyl/N-ethyl adjacent to an activating group) is 1. The fourth-order valence-electron chi connectivity index (χ4n) is 2.95. The first kappa shape index (κ1) is 18.7. The minimum absolute atomic E-state index is 0.211. The van der Waals surface area contributed by atoms with Gasteiger partial charge in [0.1, 0.15) is 5.82 Å². The SMILES string of the molecule is CCN1CCN(C(C)CNC(=NC)NCc2cccc(F)c2)CC1. The van der Waals surface area contributed by atoms with Crippen LogP contribution >= 0.6 is 0 Å². The van der Waals surface area contributed by atoms with Crippen molar-refractivity contribution < 1.29 is 4.39 Å². The first-order chi connectivity index (χ1) is 11.6. The average Bonchev–Trinajstić information content (AvgIpc) is 2.61. The van der Waals surface area contributed by atoms with E-state index in [2.05, 4.69) is 39.3 Å². The molecular weight excluding hydrogens is 305 g/mol. The molecule has 24 heavy (non-hydrogen) atoms. The molecule has 2 rings (SSSR count). The van der Waals surface area contributed by atoms with E-state index in [1.54, 1.807) is 13.1 Å². The molecule has 0 spiro atoms. The summed E-state index contributed by atoms with van der Waals surface area (Å²) in [4.78, 5) is 9.24. The van der Waals surface area contributed by atoms with Crippen molar-refractivity contribution in [1.82, 2.24) is 20.4 Å². The van der Waals surface area contributed by atoms with Crippen molar-refractivity contribution in [1.29, 1.82) is 0 Å². The lowest BCUT2D eigenvalue weighted by molar-refractivity contribution is 0.107. The highest BCUT2D eigenvalue weighted by Gasteiger charge is 2.20. The summed E-state index contributed by atoms with van der Waals surface area (Å²) in [5, 5.41) is 6.60. The molecule has 2 N–H and O–H groups in total. The van der Waals surface area contributed by atoms with E-state index >= 15 is 0 Å². The fraction of sp³-hybridized carbons (Fsp3) is 0.611. The molecule has 1 fully saturated rings. The van der Waals surface area contributed by atoms with E-state index in [-0.39, 0.29) is 5.82 Å². The van der Waals surface area contributed by atoms with Gasteiger partial charge in [0.25, 0.3) is 0 Å². The molecule has 1 aliphatic heterocycles. The van der Waals surface area contributed by atoms with E-state index in [1.807, 2.05) is 6.07 Å². The van der Waals surface area contributed by atoms with Gasteiger partial charge >= 0.3 is 0 Å². The molecule has 1 atom stereocenters. The summed E-state index contributed by atoms with van der Waals surface area (Å²) in [6.45, 7) is 11.5. The zero-order chi connectivity index (χ0) is 17.4. The third-order valence-electron chi connectivity index (χ3n) is 4.61. The Morgan fingerprint density at radius 3 is 2.62 bits per heavy atom. The minimum atomic E-state index is -0.211. The van der Waals surface area contributed by atoms with Crippen LogP contribution in [0.4, 0.5) is 4.39 Å². The van der Waals surface area contributed by atoms with Crippen molar-refractivity contribution in [3.8, 4) is 0 Å². The van der Waals surface area contributed by atoms with E-state index in [1.165, 1.54) is 12.1 Å². The molecular formula is C18H30FN5. The summed E-state index contributed by atoms with van der Waals surface area (Å²) in [6.07, 6.45) is 0. The topological polar surface area (TPSA) is 42.9 Å². The molecule has 1 aromatic rings. The predicted octanol–water partition coefficient (Wildman–Crippen LogP) is 1.52. The minimum Gasteiger partial charge on any atom is -0.355 e. The molecule has 1 unspecified atom stereocenters. The zero-order valence-corrected chi connectivity index (χ0v) is 15.1. The van der Waals surface area contributed by atoms with Crippen molar-refractivity contribution in [2.24, 2.45) is 4.99 Å². The second-order valence-corrected chi connectivity index (χ2v) is 6.26. The van der Waals surface area contributed by atoms with Crippen LogP contribution in [-0.4, -0.2) is 68.1 Å². The largest absolute Gasteiger partial charge is 0.355 e. The van der Waals surface area contributed by atoms with E-state index in [9.17, 15) is 4.39 Å². The van der Waals surface area contributed by atoms with Gasteiger partial charge in [0.15, 0.2) is 5.96 Å². The Balaban J connectivity index is 1.73. The molecule has 0 aliphatic carbocycles. The first-order valence-electron chi connectivity index (χ1n) is 8.77. The van der Waals surface area contributed by atoms with Crippen LogP contribution in [0.3, 0.4) is 0 Å². The van der Waals surface area contributed by atoms with Gasteiger partial charge in [0.2, 0.25) is 0 Å². The lowest BCUT2D eigenvalue weighted by Crippen LogP contribution is -2.53. The Morgan fingerprint density at radius 1 is 1.25 bits per heavy atom. The molecule has 1 aromatic carbocycles. The lowest BCUT2D eigenvalue weighted by Gasteiger charge is -2.37. The van der Waals surface area contributed by atoms with Crippen LogP contribution < -0.4 is 10.6 Å². The number of hydrogen-bond acceptors (Lipinski definition) is 3. The third-order valence-corrected chi connectivity index (χ3v) is 4.61. The van der Waals surface area contributed by atoms with Crippen LogP contribution in [-0.2, 0) is 6.54 Å². The summed E-state index contributed by atoms with van der Waals surface area (Å²) in [5.41, 5.74) is 0.904. The number of piperazine rings is 1. The van der Waals surface area contributed by atoms with Gasteiger partial charge < -0.3 is 15.5 Å². The second kappa shape index (κ2) is 9.59. The van der Waals surface area contributed by atoms with Crippen molar-refractivity contribution in [2.75, 3.05) is 46.3 Å². The molecule has 5 nitrogen and oxygen atoms in total. The third kappa shape index (κ3) is 5.76. The predicted molar refractivity (Wildman–Crippen MR) is 97.8 cm³/mol. The Hall–Kier alpha value is -1.66. The number of nitrogens with zero attached hydrogens (tertiary/aromatic N) is 3. The Labute approximate surface area is 144 Å². The maximum atomic E-state index is 13.2. The quantitative estimate of drug-likeness (QED) is 0.611. The standard InChI is InChI=1S/C18H30FN5/c1-4-23-8-10-24(11-9-23)15(2)13-21-18(20-3)22-14-16-6-5-7-17(19)12-16/h5-7,12,15H,4,8-11,13-14H2,1-3H3,(H2,20,21,22). The molecule has 0 bridgehead atoms. The smallest absolute Gasteiger partial charge is 0.191 e. The van der Waals surface area contributed by atoms with Gasteiger partial charge in [-0.3, -0.25) is 9.89 Å². The number of aliphatic imine (C=N–C) groups is 1. The Bertz CT molecular complexity index is 526. The van der Waals surface area contributed by atoms with Gasteiger partial charge in [-0.25, -0.2) is 4.39 Å². The normalized spacial score (nSPS) is 18.4. The lowest BCUT2D eigenvalue weighted by atomic mass is 10.2. The maximum Gasteiger partial charge on any atom is 0.191 e. The van der Waals surface area contributed by atoms with Gasteiger partial charge in [-0.2, -0.15) is 0 Å². The van der Waals surface area contributed by atoms with Crippen LogP contribution in [0.2, 0.25) is 0 Å². The highest BCUT2D eigenvalue weighted by Crippen LogP contribution is 2.05. The van der Waals surface area contributed by atoms with Crippen LogP contribution in [0.15, 0.2) is 29.3 Å². The monoisotopic (exact) mass is 335 g/mol. The molecule has 134 valence electrons. The van der Waals surface area contributed by atoms with Crippen molar-refractivity contribution >= 4 is 5.96 Å².